The molecule has 1 aliphatic rings. The highest BCUT2D eigenvalue weighted by Gasteiger charge is 2.37. The fourth-order valence-electron chi connectivity index (χ4n) is 3.14. The average Bonchev–Trinajstić information content (AvgIpc) is 2.39. The van der Waals surface area contributed by atoms with Gasteiger partial charge in [-0.3, -0.25) is 4.79 Å². The monoisotopic (exact) mass is 259 g/mol. The predicted molar refractivity (Wildman–Crippen MR) is 79.0 cm³/mol. The largest absolute Gasteiger partial charge is 0.339 e. The number of hydrogen-bond acceptors (Lipinski definition) is 1. The van der Waals surface area contributed by atoms with E-state index < -0.39 is 0 Å². The number of piperidine rings is 1. The van der Waals surface area contributed by atoms with E-state index in [9.17, 15) is 4.79 Å². The summed E-state index contributed by atoms with van der Waals surface area (Å²) in [5.74, 6) is 1.45. The van der Waals surface area contributed by atoms with Gasteiger partial charge in [-0.25, -0.2) is 0 Å². The zero-order valence-corrected chi connectivity index (χ0v) is 12.5. The zero-order valence-electron chi connectivity index (χ0n) is 12.5. The zero-order chi connectivity index (χ0) is 14.0. The van der Waals surface area contributed by atoms with E-state index in [0.29, 0.717) is 23.8 Å². The Labute approximate surface area is 116 Å². The van der Waals surface area contributed by atoms with Crippen LogP contribution in [0.5, 0.6) is 0 Å². The van der Waals surface area contributed by atoms with Crippen LogP contribution in [0.2, 0.25) is 0 Å². The summed E-state index contributed by atoms with van der Waals surface area (Å²) in [5, 5.41) is 0. The van der Waals surface area contributed by atoms with E-state index in [1.54, 1.807) is 0 Å². The maximum absolute atomic E-state index is 12.4. The van der Waals surface area contributed by atoms with Crippen LogP contribution in [0.4, 0.5) is 0 Å². The molecule has 0 aliphatic carbocycles. The van der Waals surface area contributed by atoms with E-state index in [0.717, 1.165) is 13.0 Å². The summed E-state index contributed by atoms with van der Waals surface area (Å²) in [4.78, 5) is 14.5. The molecule has 0 aromatic heterocycles. The van der Waals surface area contributed by atoms with Crippen LogP contribution in [0.25, 0.3) is 0 Å². The summed E-state index contributed by atoms with van der Waals surface area (Å²) in [6.07, 6.45) is 0.971. The van der Waals surface area contributed by atoms with Gasteiger partial charge in [0.15, 0.2) is 0 Å². The minimum absolute atomic E-state index is 0.139. The average molecular weight is 259 g/mol. The molecular formula is C17H25NO. The van der Waals surface area contributed by atoms with Crippen molar-refractivity contribution < 1.29 is 4.79 Å². The molecular weight excluding hydrogens is 234 g/mol. The van der Waals surface area contributed by atoms with Crippen LogP contribution in [-0.4, -0.2) is 23.4 Å². The molecule has 0 saturated carbocycles. The molecule has 1 fully saturated rings. The lowest BCUT2D eigenvalue weighted by Crippen LogP contribution is -2.50. The smallest absolute Gasteiger partial charge is 0.225 e. The first-order valence-corrected chi connectivity index (χ1v) is 7.36. The quantitative estimate of drug-likeness (QED) is 0.811. The van der Waals surface area contributed by atoms with Crippen molar-refractivity contribution in [3.63, 3.8) is 0 Å². The van der Waals surface area contributed by atoms with Crippen LogP contribution >= 0.6 is 0 Å². The standard InChI is InChI=1S/C17H25NO/c1-12(2)11-18-14(4)16(10-13(3)17(18)19)15-8-6-5-7-9-15/h5-9,12-14,16H,10-11H2,1-4H3/t13-,14+,16+/m0/s1. The van der Waals surface area contributed by atoms with Crippen molar-refractivity contribution in [2.45, 2.75) is 46.1 Å². The number of likely N-dealkylation sites (tertiary alicyclic amines) is 1. The van der Waals surface area contributed by atoms with Crippen molar-refractivity contribution in [3.05, 3.63) is 35.9 Å². The summed E-state index contributed by atoms with van der Waals surface area (Å²) in [7, 11) is 0. The van der Waals surface area contributed by atoms with Gasteiger partial charge in [0, 0.05) is 24.4 Å². The molecule has 1 amide bonds. The second kappa shape index (κ2) is 5.77. The van der Waals surface area contributed by atoms with Gasteiger partial charge in [-0.05, 0) is 24.8 Å². The highest BCUT2D eigenvalue weighted by atomic mass is 16.2. The van der Waals surface area contributed by atoms with Crippen LogP contribution in [0, 0.1) is 11.8 Å². The third-order valence-electron chi connectivity index (χ3n) is 4.18. The SMILES string of the molecule is CC(C)CN1C(=O)[C@@H](C)C[C@@H](c2ccccc2)[C@H]1C. The molecule has 1 heterocycles. The number of rotatable bonds is 3. The molecule has 1 saturated heterocycles. The van der Waals surface area contributed by atoms with Crippen molar-refractivity contribution in [2.75, 3.05) is 6.54 Å². The van der Waals surface area contributed by atoms with E-state index in [1.807, 2.05) is 0 Å². The Kier molecular flexibility index (Phi) is 4.28. The Morgan fingerprint density at radius 2 is 1.84 bits per heavy atom. The van der Waals surface area contributed by atoms with E-state index in [4.69, 9.17) is 0 Å². The summed E-state index contributed by atoms with van der Waals surface area (Å²) >= 11 is 0. The van der Waals surface area contributed by atoms with Crippen molar-refractivity contribution in [1.29, 1.82) is 0 Å². The molecule has 0 spiro atoms. The third-order valence-corrected chi connectivity index (χ3v) is 4.18. The van der Waals surface area contributed by atoms with E-state index in [-0.39, 0.29) is 5.92 Å². The lowest BCUT2D eigenvalue weighted by atomic mass is 9.79. The second-order valence-electron chi connectivity index (χ2n) is 6.28. The number of nitrogens with zero attached hydrogens (tertiary/aromatic N) is 1. The summed E-state index contributed by atoms with van der Waals surface area (Å²) in [6.45, 7) is 9.49. The summed E-state index contributed by atoms with van der Waals surface area (Å²) in [6, 6.07) is 10.9. The molecule has 0 unspecified atom stereocenters. The Morgan fingerprint density at radius 3 is 2.42 bits per heavy atom. The van der Waals surface area contributed by atoms with Crippen LogP contribution < -0.4 is 0 Å². The van der Waals surface area contributed by atoms with Gasteiger partial charge in [0.2, 0.25) is 5.91 Å². The van der Waals surface area contributed by atoms with Gasteiger partial charge in [-0.1, -0.05) is 51.1 Å². The first kappa shape index (κ1) is 14.1. The lowest BCUT2D eigenvalue weighted by Gasteiger charge is -2.43. The first-order valence-electron chi connectivity index (χ1n) is 7.36. The van der Waals surface area contributed by atoms with Gasteiger partial charge in [0.1, 0.15) is 0 Å². The van der Waals surface area contributed by atoms with Crippen LogP contribution in [0.1, 0.15) is 45.6 Å². The van der Waals surface area contributed by atoms with Crippen LogP contribution in [-0.2, 0) is 4.79 Å². The number of benzene rings is 1. The molecule has 1 aliphatic heterocycles. The molecule has 2 rings (SSSR count). The molecule has 2 heteroatoms. The highest BCUT2D eigenvalue weighted by molar-refractivity contribution is 5.80. The molecule has 2 nitrogen and oxygen atoms in total. The number of amides is 1. The Bertz CT molecular complexity index is 426. The van der Waals surface area contributed by atoms with Gasteiger partial charge in [-0.2, -0.15) is 0 Å². The van der Waals surface area contributed by atoms with Crippen LogP contribution in [0.3, 0.4) is 0 Å². The van der Waals surface area contributed by atoms with Crippen LogP contribution in [0.15, 0.2) is 30.3 Å². The predicted octanol–water partition coefficient (Wildman–Crippen LogP) is 3.68. The van der Waals surface area contributed by atoms with Gasteiger partial charge in [0.05, 0.1) is 0 Å². The van der Waals surface area contributed by atoms with Crippen molar-refractivity contribution in [2.24, 2.45) is 11.8 Å². The summed E-state index contributed by atoms with van der Waals surface area (Å²) < 4.78 is 0. The normalized spacial score (nSPS) is 27.9. The van der Waals surface area contributed by atoms with E-state index >= 15 is 0 Å². The molecule has 1 aromatic carbocycles. The fourth-order valence-corrected chi connectivity index (χ4v) is 3.14. The molecule has 0 bridgehead atoms. The Balaban J connectivity index is 2.24. The second-order valence-corrected chi connectivity index (χ2v) is 6.28. The third kappa shape index (κ3) is 2.99. The van der Waals surface area contributed by atoms with E-state index in [1.165, 1.54) is 5.56 Å². The fraction of sp³-hybridized carbons (Fsp3) is 0.588. The molecule has 3 atom stereocenters. The molecule has 104 valence electrons. The minimum atomic E-state index is 0.139. The first-order chi connectivity index (χ1) is 9.00. The Morgan fingerprint density at radius 1 is 1.21 bits per heavy atom. The number of carbonyl (C=O) groups excluding carboxylic acids is 1. The maximum atomic E-state index is 12.4. The van der Waals surface area contributed by atoms with Crippen molar-refractivity contribution in [3.8, 4) is 0 Å². The molecule has 1 aromatic rings. The van der Waals surface area contributed by atoms with Crippen molar-refractivity contribution in [1.82, 2.24) is 4.90 Å². The van der Waals surface area contributed by atoms with Gasteiger partial charge in [-0.15, -0.1) is 0 Å². The molecule has 0 N–H and O–H groups in total. The maximum Gasteiger partial charge on any atom is 0.225 e. The minimum Gasteiger partial charge on any atom is -0.339 e. The van der Waals surface area contributed by atoms with Crippen molar-refractivity contribution >= 4 is 5.91 Å². The highest BCUT2D eigenvalue weighted by Crippen LogP contribution is 2.36. The number of hydrogen-bond donors (Lipinski definition) is 0. The Hall–Kier alpha value is -1.31. The number of carbonyl (C=O) groups is 1. The molecule has 0 radical (unpaired) electrons. The topological polar surface area (TPSA) is 20.3 Å². The summed E-state index contributed by atoms with van der Waals surface area (Å²) in [5.41, 5.74) is 1.36. The van der Waals surface area contributed by atoms with E-state index in [2.05, 4.69) is 62.9 Å². The lowest BCUT2D eigenvalue weighted by molar-refractivity contribution is -0.142. The van der Waals surface area contributed by atoms with Gasteiger partial charge in [0.25, 0.3) is 0 Å². The molecule has 19 heavy (non-hydrogen) atoms. The van der Waals surface area contributed by atoms with Gasteiger partial charge < -0.3 is 4.90 Å². The van der Waals surface area contributed by atoms with Gasteiger partial charge >= 0.3 is 0 Å².